The summed E-state index contributed by atoms with van der Waals surface area (Å²) in [5, 5.41) is 12.2. The van der Waals surface area contributed by atoms with Crippen LogP contribution in [0, 0.1) is 5.92 Å². The lowest BCUT2D eigenvalue weighted by atomic mass is 9.89. The lowest BCUT2D eigenvalue weighted by Gasteiger charge is -2.21. The van der Waals surface area contributed by atoms with Crippen LogP contribution in [0.4, 0.5) is 0 Å². The van der Waals surface area contributed by atoms with Gasteiger partial charge in [0, 0.05) is 19.0 Å². The zero-order valence-corrected chi connectivity index (χ0v) is 14.3. The summed E-state index contributed by atoms with van der Waals surface area (Å²) in [6.07, 6.45) is 2.68. The fourth-order valence-electron chi connectivity index (χ4n) is 3.28. The van der Waals surface area contributed by atoms with E-state index in [1.54, 1.807) is 6.92 Å². The third kappa shape index (κ3) is 3.61. The van der Waals surface area contributed by atoms with Crippen molar-refractivity contribution in [3.05, 3.63) is 60.1 Å². The van der Waals surface area contributed by atoms with Gasteiger partial charge in [0.1, 0.15) is 12.3 Å². The van der Waals surface area contributed by atoms with Crippen LogP contribution < -0.4 is 5.32 Å². The van der Waals surface area contributed by atoms with Crippen LogP contribution in [0.3, 0.4) is 0 Å². The molecule has 0 radical (unpaired) electrons. The molecule has 1 aliphatic heterocycles. The van der Waals surface area contributed by atoms with Crippen LogP contribution in [0.15, 0.2) is 53.3 Å². The van der Waals surface area contributed by atoms with Crippen LogP contribution in [0.25, 0.3) is 0 Å². The summed E-state index contributed by atoms with van der Waals surface area (Å²) >= 11 is 0. The molecule has 0 spiro atoms. The number of furan rings is 1. The Bertz CT molecular complexity index is 788. The molecule has 2 aromatic rings. The fourth-order valence-corrected chi connectivity index (χ4v) is 3.28. The van der Waals surface area contributed by atoms with Gasteiger partial charge in [-0.1, -0.05) is 30.3 Å². The number of nitrogens with zero attached hydrogens (tertiary/aromatic N) is 1. The number of hydrogen-bond donors (Lipinski definition) is 2. The lowest BCUT2D eigenvalue weighted by Crippen LogP contribution is -2.46. The Kier molecular flexibility index (Phi) is 5.06. The highest BCUT2D eigenvalue weighted by Gasteiger charge is 2.41. The zero-order chi connectivity index (χ0) is 18.7. The molecule has 2 heterocycles. The molecule has 1 fully saturated rings. The first-order valence-corrected chi connectivity index (χ1v) is 8.37. The molecule has 136 valence electrons. The SMILES string of the molecule is CC(NC(=O)c1ccoc1)C(=O)N1C[C@H](C(=O)O)[C@H](c2ccccc2)C1. The minimum absolute atomic E-state index is 0.125. The Morgan fingerprint density at radius 1 is 1.19 bits per heavy atom. The highest BCUT2D eigenvalue weighted by Crippen LogP contribution is 2.33. The average Bonchev–Trinajstić information content (AvgIpc) is 3.31. The molecular formula is C19H20N2O5. The van der Waals surface area contributed by atoms with Crippen molar-refractivity contribution in [1.29, 1.82) is 0 Å². The second-order valence-electron chi connectivity index (χ2n) is 6.41. The topological polar surface area (TPSA) is 99.9 Å². The maximum atomic E-state index is 12.7. The quantitative estimate of drug-likeness (QED) is 0.850. The molecular weight excluding hydrogens is 336 g/mol. The summed E-state index contributed by atoms with van der Waals surface area (Å²) < 4.78 is 4.86. The maximum absolute atomic E-state index is 12.7. The van der Waals surface area contributed by atoms with Gasteiger partial charge in [-0.3, -0.25) is 14.4 Å². The van der Waals surface area contributed by atoms with Gasteiger partial charge in [-0.05, 0) is 18.6 Å². The van der Waals surface area contributed by atoms with Crippen molar-refractivity contribution in [2.45, 2.75) is 18.9 Å². The zero-order valence-electron chi connectivity index (χ0n) is 14.3. The van der Waals surface area contributed by atoms with Gasteiger partial charge < -0.3 is 19.7 Å². The van der Waals surface area contributed by atoms with Crippen LogP contribution in [0.1, 0.15) is 28.8 Å². The van der Waals surface area contributed by atoms with Crippen molar-refractivity contribution in [1.82, 2.24) is 10.2 Å². The molecule has 0 saturated carbocycles. The highest BCUT2D eigenvalue weighted by molar-refractivity contribution is 5.97. The standard InChI is InChI=1S/C19H20N2O5/c1-12(20-17(22)14-7-8-26-11-14)18(23)21-9-15(16(10-21)19(24)25)13-5-3-2-4-6-13/h2-8,11-12,15-16H,9-10H2,1H3,(H,20,22)(H,24,25)/t12?,15-,16-/m0/s1. The summed E-state index contributed by atoms with van der Waals surface area (Å²) in [6.45, 7) is 2.03. The van der Waals surface area contributed by atoms with Gasteiger partial charge in [-0.15, -0.1) is 0 Å². The third-order valence-corrected chi connectivity index (χ3v) is 4.68. The number of hydrogen-bond acceptors (Lipinski definition) is 4. The number of benzene rings is 1. The molecule has 1 saturated heterocycles. The van der Waals surface area contributed by atoms with Crippen molar-refractivity contribution in [3.8, 4) is 0 Å². The van der Waals surface area contributed by atoms with E-state index in [1.807, 2.05) is 30.3 Å². The van der Waals surface area contributed by atoms with E-state index in [0.29, 0.717) is 12.1 Å². The molecule has 1 aromatic carbocycles. The van der Waals surface area contributed by atoms with Gasteiger partial charge in [0.15, 0.2) is 0 Å². The van der Waals surface area contributed by atoms with Gasteiger partial charge in [0.05, 0.1) is 17.7 Å². The summed E-state index contributed by atoms with van der Waals surface area (Å²) in [5.74, 6) is -2.57. The maximum Gasteiger partial charge on any atom is 0.308 e. The van der Waals surface area contributed by atoms with E-state index in [9.17, 15) is 19.5 Å². The molecule has 2 N–H and O–H groups in total. The number of aliphatic carboxylic acids is 1. The molecule has 0 aliphatic carbocycles. The van der Waals surface area contributed by atoms with Crippen molar-refractivity contribution in [2.24, 2.45) is 5.92 Å². The molecule has 7 heteroatoms. The van der Waals surface area contributed by atoms with Gasteiger partial charge in [-0.2, -0.15) is 0 Å². The van der Waals surface area contributed by atoms with E-state index in [0.717, 1.165) is 5.56 Å². The number of amides is 2. The molecule has 0 bridgehead atoms. The number of carboxylic acid groups (broad SMARTS) is 1. The predicted molar refractivity (Wildman–Crippen MR) is 92.5 cm³/mol. The van der Waals surface area contributed by atoms with Gasteiger partial charge in [0.2, 0.25) is 5.91 Å². The lowest BCUT2D eigenvalue weighted by molar-refractivity contribution is -0.142. The third-order valence-electron chi connectivity index (χ3n) is 4.68. The molecule has 26 heavy (non-hydrogen) atoms. The van der Waals surface area contributed by atoms with Crippen molar-refractivity contribution in [3.63, 3.8) is 0 Å². The Labute approximate surface area is 150 Å². The number of carbonyl (C=O) groups is 3. The van der Waals surface area contributed by atoms with Crippen LogP contribution in [-0.2, 0) is 9.59 Å². The molecule has 1 aromatic heterocycles. The van der Waals surface area contributed by atoms with E-state index in [1.165, 1.54) is 23.5 Å². The molecule has 7 nitrogen and oxygen atoms in total. The summed E-state index contributed by atoms with van der Waals surface area (Å²) in [5.41, 5.74) is 1.22. The van der Waals surface area contributed by atoms with Crippen LogP contribution in [0.2, 0.25) is 0 Å². The molecule has 3 rings (SSSR count). The van der Waals surface area contributed by atoms with E-state index >= 15 is 0 Å². The van der Waals surface area contributed by atoms with Crippen LogP contribution in [-0.4, -0.2) is 46.9 Å². The number of carbonyl (C=O) groups excluding carboxylic acids is 2. The average molecular weight is 356 g/mol. The number of carboxylic acids is 1. The van der Waals surface area contributed by atoms with Crippen molar-refractivity contribution in [2.75, 3.05) is 13.1 Å². The van der Waals surface area contributed by atoms with Gasteiger partial charge in [0.25, 0.3) is 5.91 Å². The first-order valence-electron chi connectivity index (χ1n) is 8.37. The number of rotatable bonds is 5. The van der Waals surface area contributed by atoms with E-state index in [2.05, 4.69) is 5.32 Å². The summed E-state index contributed by atoms with van der Waals surface area (Å²) in [7, 11) is 0. The fraction of sp³-hybridized carbons (Fsp3) is 0.316. The van der Waals surface area contributed by atoms with E-state index in [4.69, 9.17) is 4.42 Å². The Morgan fingerprint density at radius 2 is 1.92 bits per heavy atom. The van der Waals surface area contributed by atoms with E-state index < -0.39 is 23.8 Å². The molecule has 1 aliphatic rings. The first kappa shape index (κ1) is 17.7. The molecule has 3 atom stereocenters. The Balaban J connectivity index is 1.69. The first-order chi connectivity index (χ1) is 12.5. The van der Waals surface area contributed by atoms with E-state index in [-0.39, 0.29) is 18.4 Å². The normalized spacial score (nSPS) is 20.6. The van der Waals surface area contributed by atoms with Crippen molar-refractivity contribution >= 4 is 17.8 Å². The summed E-state index contributed by atoms with van der Waals surface area (Å²) in [4.78, 5) is 37.9. The number of nitrogens with one attached hydrogen (secondary N) is 1. The van der Waals surface area contributed by atoms with Crippen LogP contribution >= 0.6 is 0 Å². The highest BCUT2D eigenvalue weighted by atomic mass is 16.4. The van der Waals surface area contributed by atoms with Gasteiger partial charge in [-0.25, -0.2) is 0 Å². The molecule has 2 amide bonds. The Hall–Kier alpha value is -3.09. The largest absolute Gasteiger partial charge is 0.481 e. The van der Waals surface area contributed by atoms with Gasteiger partial charge >= 0.3 is 5.97 Å². The predicted octanol–water partition coefficient (Wildman–Crippen LogP) is 1.72. The minimum Gasteiger partial charge on any atom is -0.481 e. The van der Waals surface area contributed by atoms with Crippen molar-refractivity contribution < 1.29 is 23.9 Å². The second kappa shape index (κ2) is 7.43. The minimum atomic E-state index is -0.927. The van der Waals surface area contributed by atoms with Crippen LogP contribution in [0.5, 0.6) is 0 Å². The molecule has 1 unspecified atom stereocenters. The second-order valence-corrected chi connectivity index (χ2v) is 6.41. The Morgan fingerprint density at radius 3 is 2.54 bits per heavy atom. The smallest absolute Gasteiger partial charge is 0.308 e. The summed E-state index contributed by atoms with van der Waals surface area (Å²) in [6, 6.07) is 10.1. The monoisotopic (exact) mass is 356 g/mol. The number of likely N-dealkylation sites (tertiary alicyclic amines) is 1.